The Morgan fingerprint density at radius 3 is 2.33 bits per heavy atom. The largest absolute Gasteiger partial charge is 0.416 e. The molecule has 1 heterocycles. The molecule has 0 radical (unpaired) electrons. The number of hydrogen-bond acceptors (Lipinski definition) is 3. The second kappa shape index (κ2) is 8.57. The monoisotopic (exact) mass is 426 g/mol. The molecule has 1 aliphatic carbocycles. The van der Waals surface area contributed by atoms with E-state index in [0.29, 0.717) is 25.3 Å². The maximum Gasteiger partial charge on any atom is 0.416 e. The van der Waals surface area contributed by atoms with Gasteiger partial charge in [0.05, 0.1) is 12.2 Å². The van der Waals surface area contributed by atoms with Crippen molar-refractivity contribution in [3.63, 3.8) is 0 Å². The van der Waals surface area contributed by atoms with Gasteiger partial charge < -0.3 is 10.1 Å². The highest BCUT2D eigenvalue weighted by Gasteiger charge is 2.53. The minimum absolute atomic E-state index is 0.0880. The van der Waals surface area contributed by atoms with Crippen molar-refractivity contribution in [2.45, 2.75) is 64.4 Å². The van der Waals surface area contributed by atoms with E-state index in [-0.39, 0.29) is 24.0 Å². The van der Waals surface area contributed by atoms with Gasteiger partial charge in [0.25, 0.3) is 5.91 Å². The number of ether oxygens (including phenoxy) is 1. The normalized spacial score (nSPS) is 27.0. The first-order chi connectivity index (χ1) is 14.0. The molecule has 2 aliphatic rings. The van der Waals surface area contributed by atoms with Crippen LogP contribution in [-0.4, -0.2) is 41.6 Å². The maximum atomic E-state index is 13.4. The third kappa shape index (κ3) is 4.63. The van der Waals surface area contributed by atoms with Crippen LogP contribution in [0.25, 0.3) is 0 Å². The van der Waals surface area contributed by atoms with E-state index in [1.807, 2.05) is 13.8 Å². The second-order valence-electron chi connectivity index (χ2n) is 8.84. The van der Waals surface area contributed by atoms with E-state index in [1.165, 1.54) is 17.0 Å². The fourth-order valence-electron chi connectivity index (χ4n) is 4.14. The van der Waals surface area contributed by atoms with Crippen LogP contribution in [0.1, 0.15) is 62.4 Å². The van der Waals surface area contributed by atoms with Gasteiger partial charge in [-0.05, 0) is 61.8 Å². The zero-order valence-electron chi connectivity index (χ0n) is 17.6. The SMILES string of the molecule is CC(C)CNC(=O)[C@@H]1COC2(CCC(C)CC2)N1C(=O)c1ccc(C(F)(F)F)cc1. The van der Waals surface area contributed by atoms with E-state index < -0.39 is 29.4 Å². The van der Waals surface area contributed by atoms with Crippen molar-refractivity contribution in [2.24, 2.45) is 11.8 Å². The first-order valence-corrected chi connectivity index (χ1v) is 10.5. The molecule has 1 aliphatic heterocycles. The van der Waals surface area contributed by atoms with E-state index in [9.17, 15) is 22.8 Å². The van der Waals surface area contributed by atoms with Gasteiger partial charge in [-0.15, -0.1) is 0 Å². The van der Waals surface area contributed by atoms with Crippen molar-refractivity contribution >= 4 is 11.8 Å². The van der Waals surface area contributed by atoms with Crippen LogP contribution in [0, 0.1) is 11.8 Å². The molecule has 8 heteroatoms. The molecular formula is C22H29F3N2O3. The standard InChI is InChI=1S/C22H29F3N2O3/c1-14(2)12-26-19(28)18-13-30-21(10-8-15(3)9-11-21)27(18)20(29)16-4-6-17(7-5-16)22(23,24)25/h4-7,14-15,18H,8-13H2,1-3H3,(H,26,28)/t15?,18-,21?/m0/s1. The van der Waals surface area contributed by atoms with Gasteiger partial charge in [-0.1, -0.05) is 20.8 Å². The lowest BCUT2D eigenvalue weighted by atomic mass is 9.83. The molecule has 2 amide bonds. The van der Waals surface area contributed by atoms with Gasteiger partial charge in [0.2, 0.25) is 5.91 Å². The van der Waals surface area contributed by atoms with Crippen molar-refractivity contribution < 1.29 is 27.5 Å². The van der Waals surface area contributed by atoms with Gasteiger partial charge in [0.15, 0.2) is 0 Å². The molecule has 1 spiro atoms. The molecule has 1 saturated carbocycles. The molecule has 1 aromatic carbocycles. The number of alkyl halides is 3. The molecule has 2 fully saturated rings. The number of carbonyl (C=O) groups excluding carboxylic acids is 2. The Morgan fingerprint density at radius 2 is 1.80 bits per heavy atom. The van der Waals surface area contributed by atoms with Crippen LogP contribution in [0.4, 0.5) is 13.2 Å². The minimum atomic E-state index is -4.47. The Kier molecular flexibility index (Phi) is 6.45. The van der Waals surface area contributed by atoms with Crippen molar-refractivity contribution in [3.8, 4) is 0 Å². The third-order valence-electron chi connectivity index (χ3n) is 5.98. The van der Waals surface area contributed by atoms with Gasteiger partial charge >= 0.3 is 6.18 Å². The molecule has 1 N–H and O–H groups in total. The molecule has 5 nitrogen and oxygen atoms in total. The predicted octanol–water partition coefficient (Wildman–Crippen LogP) is 4.23. The highest BCUT2D eigenvalue weighted by molar-refractivity contribution is 5.98. The number of hydrogen-bond donors (Lipinski definition) is 1. The smallest absolute Gasteiger partial charge is 0.354 e. The Hall–Kier alpha value is -2.09. The van der Waals surface area contributed by atoms with Crippen molar-refractivity contribution in [2.75, 3.05) is 13.2 Å². The summed E-state index contributed by atoms with van der Waals surface area (Å²) < 4.78 is 44.7. The van der Waals surface area contributed by atoms with Gasteiger partial charge in [-0.25, -0.2) is 0 Å². The van der Waals surface area contributed by atoms with Crippen LogP contribution in [0.15, 0.2) is 24.3 Å². The highest BCUT2D eigenvalue weighted by Crippen LogP contribution is 2.43. The lowest BCUT2D eigenvalue weighted by Crippen LogP contribution is -2.57. The molecule has 166 valence electrons. The van der Waals surface area contributed by atoms with E-state index in [4.69, 9.17) is 4.74 Å². The number of amides is 2. The van der Waals surface area contributed by atoms with Crippen molar-refractivity contribution in [1.29, 1.82) is 0 Å². The Balaban J connectivity index is 1.89. The van der Waals surface area contributed by atoms with Crippen LogP contribution in [-0.2, 0) is 15.7 Å². The molecule has 0 unspecified atom stereocenters. The number of nitrogens with one attached hydrogen (secondary N) is 1. The molecule has 0 bridgehead atoms. The number of nitrogens with zero attached hydrogens (tertiary/aromatic N) is 1. The van der Waals surface area contributed by atoms with Crippen LogP contribution in [0.2, 0.25) is 0 Å². The second-order valence-corrected chi connectivity index (χ2v) is 8.84. The molecule has 1 atom stereocenters. The quantitative estimate of drug-likeness (QED) is 0.784. The predicted molar refractivity (Wildman–Crippen MR) is 106 cm³/mol. The molecule has 0 aromatic heterocycles. The van der Waals surface area contributed by atoms with E-state index in [0.717, 1.165) is 25.0 Å². The number of rotatable bonds is 4. The fourth-order valence-corrected chi connectivity index (χ4v) is 4.14. The molecule has 1 saturated heterocycles. The average molecular weight is 426 g/mol. The number of benzene rings is 1. The summed E-state index contributed by atoms with van der Waals surface area (Å²) in [6, 6.07) is 3.34. The summed E-state index contributed by atoms with van der Waals surface area (Å²) in [6.07, 6.45) is -1.55. The molecular weight excluding hydrogens is 397 g/mol. The van der Waals surface area contributed by atoms with Gasteiger partial charge in [-0.3, -0.25) is 14.5 Å². The lowest BCUT2D eigenvalue weighted by Gasteiger charge is -2.43. The highest BCUT2D eigenvalue weighted by atomic mass is 19.4. The van der Waals surface area contributed by atoms with Crippen LogP contribution >= 0.6 is 0 Å². The van der Waals surface area contributed by atoms with Crippen molar-refractivity contribution in [3.05, 3.63) is 35.4 Å². The fraction of sp³-hybridized carbons (Fsp3) is 0.636. The molecule has 1 aromatic rings. The van der Waals surface area contributed by atoms with Gasteiger partial charge in [-0.2, -0.15) is 13.2 Å². The van der Waals surface area contributed by atoms with Gasteiger partial charge in [0.1, 0.15) is 11.8 Å². The molecule has 30 heavy (non-hydrogen) atoms. The number of halogens is 3. The number of carbonyl (C=O) groups is 2. The summed E-state index contributed by atoms with van der Waals surface area (Å²) in [4.78, 5) is 27.7. The van der Waals surface area contributed by atoms with Crippen LogP contribution < -0.4 is 5.32 Å². The molecule has 3 rings (SSSR count). The van der Waals surface area contributed by atoms with E-state index in [1.54, 1.807) is 0 Å². The van der Waals surface area contributed by atoms with E-state index >= 15 is 0 Å². The Labute approximate surface area is 175 Å². The van der Waals surface area contributed by atoms with Crippen LogP contribution in [0.5, 0.6) is 0 Å². The average Bonchev–Trinajstić information content (AvgIpc) is 3.06. The van der Waals surface area contributed by atoms with Crippen LogP contribution in [0.3, 0.4) is 0 Å². The zero-order valence-corrected chi connectivity index (χ0v) is 17.6. The maximum absolute atomic E-state index is 13.4. The third-order valence-corrected chi connectivity index (χ3v) is 5.98. The van der Waals surface area contributed by atoms with E-state index in [2.05, 4.69) is 12.2 Å². The summed E-state index contributed by atoms with van der Waals surface area (Å²) in [7, 11) is 0. The lowest BCUT2D eigenvalue weighted by molar-refractivity contribution is -0.137. The van der Waals surface area contributed by atoms with Gasteiger partial charge in [0, 0.05) is 12.1 Å². The summed E-state index contributed by atoms with van der Waals surface area (Å²) in [5.41, 5.74) is -1.58. The Morgan fingerprint density at radius 1 is 1.20 bits per heavy atom. The minimum Gasteiger partial charge on any atom is -0.354 e. The summed E-state index contributed by atoms with van der Waals surface area (Å²) in [6.45, 7) is 6.64. The first-order valence-electron chi connectivity index (χ1n) is 10.5. The summed E-state index contributed by atoms with van der Waals surface area (Å²) in [5, 5.41) is 2.86. The van der Waals surface area contributed by atoms with Crippen molar-refractivity contribution in [1.82, 2.24) is 10.2 Å². The summed E-state index contributed by atoms with van der Waals surface area (Å²) in [5.74, 6) is -0.0178. The zero-order chi connectivity index (χ0) is 22.1. The first kappa shape index (κ1) is 22.6. The summed E-state index contributed by atoms with van der Waals surface area (Å²) >= 11 is 0. The topological polar surface area (TPSA) is 58.6 Å². The Bertz CT molecular complexity index is 769.